The summed E-state index contributed by atoms with van der Waals surface area (Å²) in [6.45, 7) is 4.93. The smallest absolute Gasteiger partial charge is 0.250 e. The molecule has 1 aromatic rings. The van der Waals surface area contributed by atoms with E-state index < -0.39 is 0 Å². The highest BCUT2D eigenvalue weighted by Crippen LogP contribution is 1.93. The van der Waals surface area contributed by atoms with E-state index in [2.05, 4.69) is 19.2 Å². The van der Waals surface area contributed by atoms with Crippen molar-refractivity contribution in [3.63, 3.8) is 0 Å². The lowest BCUT2D eigenvalue weighted by atomic mass is 10.2. The largest absolute Gasteiger partial charge is 0.319 e. The quantitative estimate of drug-likeness (QED) is 0.749. The highest BCUT2D eigenvalue weighted by atomic mass is 16.1. The van der Waals surface area contributed by atoms with Gasteiger partial charge in [0.2, 0.25) is 0 Å². The lowest BCUT2D eigenvalue weighted by Crippen LogP contribution is -2.23. The Hall–Kier alpha value is -1.09. The monoisotopic (exact) mass is 180 g/mol. The van der Waals surface area contributed by atoms with Gasteiger partial charge in [0.1, 0.15) is 0 Å². The summed E-state index contributed by atoms with van der Waals surface area (Å²) in [7, 11) is 1.75. The molecule has 3 nitrogen and oxygen atoms in total. The van der Waals surface area contributed by atoms with Crippen molar-refractivity contribution in [2.45, 2.75) is 26.4 Å². The Morgan fingerprint density at radius 2 is 2.23 bits per heavy atom. The summed E-state index contributed by atoms with van der Waals surface area (Å²) in [5.41, 5.74) is 1.08. The Morgan fingerprint density at radius 1 is 1.54 bits per heavy atom. The number of hydrogen-bond donors (Lipinski definition) is 1. The van der Waals surface area contributed by atoms with Crippen LogP contribution >= 0.6 is 0 Å². The fourth-order valence-electron chi connectivity index (χ4n) is 1.02. The van der Waals surface area contributed by atoms with Gasteiger partial charge in [0, 0.05) is 31.9 Å². The van der Waals surface area contributed by atoms with Gasteiger partial charge in [0.25, 0.3) is 5.56 Å². The zero-order valence-electron chi connectivity index (χ0n) is 8.37. The molecule has 1 N–H and O–H groups in total. The van der Waals surface area contributed by atoms with E-state index in [0.29, 0.717) is 6.04 Å². The van der Waals surface area contributed by atoms with Crippen molar-refractivity contribution in [3.05, 3.63) is 34.2 Å². The standard InChI is InChI=1S/C10H16N2O/c1-8(2)11-7-9-4-5-12(3)10(13)6-9/h4-6,8,11H,7H2,1-3H3. The van der Waals surface area contributed by atoms with Gasteiger partial charge in [0.15, 0.2) is 0 Å². The second-order valence-corrected chi connectivity index (χ2v) is 3.52. The zero-order valence-corrected chi connectivity index (χ0v) is 8.37. The predicted molar refractivity (Wildman–Crippen MR) is 53.7 cm³/mol. The van der Waals surface area contributed by atoms with E-state index in [1.165, 1.54) is 0 Å². The maximum absolute atomic E-state index is 11.2. The van der Waals surface area contributed by atoms with E-state index >= 15 is 0 Å². The molecule has 72 valence electrons. The number of aromatic nitrogens is 1. The third-order valence-corrected chi connectivity index (χ3v) is 1.88. The van der Waals surface area contributed by atoms with Gasteiger partial charge in [-0.2, -0.15) is 0 Å². The number of aryl methyl sites for hydroxylation is 1. The van der Waals surface area contributed by atoms with Crippen molar-refractivity contribution in [1.29, 1.82) is 0 Å². The molecule has 0 aliphatic carbocycles. The van der Waals surface area contributed by atoms with E-state index in [9.17, 15) is 4.79 Å². The minimum Gasteiger partial charge on any atom is -0.319 e. The Bertz CT molecular complexity index is 328. The Labute approximate surface area is 78.4 Å². The minimum atomic E-state index is 0.0445. The van der Waals surface area contributed by atoms with Gasteiger partial charge >= 0.3 is 0 Å². The number of hydrogen-bond acceptors (Lipinski definition) is 2. The second kappa shape index (κ2) is 4.23. The highest BCUT2D eigenvalue weighted by molar-refractivity contribution is 5.10. The van der Waals surface area contributed by atoms with Gasteiger partial charge in [-0.1, -0.05) is 13.8 Å². The molecule has 0 aromatic carbocycles. The van der Waals surface area contributed by atoms with Crippen LogP contribution < -0.4 is 10.9 Å². The van der Waals surface area contributed by atoms with Crippen LogP contribution in [-0.4, -0.2) is 10.6 Å². The normalized spacial score (nSPS) is 10.8. The first-order valence-electron chi connectivity index (χ1n) is 4.48. The van der Waals surface area contributed by atoms with E-state index in [-0.39, 0.29) is 5.56 Å². The van der Waals surface area contributed by atoms with Crippen LogP contribution in [0.3, 0.4) is 0 Å². The first-order valence-corrected chi connectivity index (χ1v) is 4.48. The molecule has 1 rings (SSSR count). The average Bonchev–Trinajstić information content (AvgIpc) is 2.07. The van der Waals surface area contributed by atoms with Gasteiger partial charge < -0.3 is 9.88 Å². The molecule has 0 aliphatic heterocycles. The molecule has 0 radical (unpaired) electrons. The summed E-state index contributed by atoms with van der Waals surface area (Å²) in [6.07, 6.45) is 1.79. The fourth-order valence-corrected chi connectivity index (χ4v) is 1.02. The number of pyridine rings is 1. The molecule has 0 bridgehead atoms. The van der Waals surface area contributed by atoms with E-state index in [0.717, 1.165) is 12.1 Å². The molecule has 0 aliphatic rings. The summed E-state index contributed by atoms with van der Waals surface area (Å²) in [5.74, 6) is 0. The van der Waals surface area contributed by atoms with Crippen molar-refractivity contribution in [2.24, 2.45) is 7.05 Å². The van der Waals surface area contributed by atoms with Crippen LogP contribution in [-0.2, 0) is 13.6 Å². The third-order valence-electron chi connectivity index (χ3n) is 1.88. The summed E-state index contributed by atoms with van der Waals surface area (Å²) < 4.78 is 1.57. The van der Waals surface area contributed by atoms with Gasteiger partial charge in [-0.25, -0.2) is 0 Å². The Kier molecular flexibility index (Phi) is 3.25. The summed E-state index contributed by atoms with van der Waals surface area (Å²) >= 11 is 0. The summed E-state index contributed by atoms with van der Waals surface area (Å²) in [4.78, 5) is 11.2. The average molecular weight is 180 g/mol. The van der Waals surface area contributed by atoms with E-state index in [1.807, 2.05) is 6.07 Å². The molecule has 3 heteroatoms. The van der Waals surface area contributed by atoms with Crippen LogP contribution in [0.4, 0.5) is 0 Å². The molecule has 0 fully saturated rings. The van der Waals surface area contributed by atoms with Crippen LogP contribution in [0.2, 0.25) is 0 Å². The topological polar surface area (TPSA) is 34.0 Å². The second-order valence-electron chi connectivity index (χ2n) is 3.52. The third kappa shape index (κ3) is 3.03. The maximum atomic E-state index is 11.2. The van der Waals surface area contributed by atoms with Crippen LogP contribution in [0.15, 0.2) is 23.1 Å². The lowest BCUT2D eigenvalue weighted by molar-refractivity contribution is 0.587. The Balaban J connectivity index is 2.69. The maximum Gasteiger partial charge on any atom is 0.250 e. The van der Waals surface area contributed by atoms with Crippen LogP contribution in [0, 0.1) is 0 Å². The Morgan fingerprint density at radius 3 is 2.77 bits per heavy atom. The first-order chi connectivity index (χ1) is 6.09. The zero-order chi connectivity index (χ0) is 9.84. The van der Waals surface area contributed by atoms with Crippen molar-refractivity contribution in [2.75, 3.05) is 0 Å². The molecular formula is C10H16N2O. The predicted octanol–water partition coefficient (Wildman–Crippen LogP) is 0.883. The molecule has 0 atom stereocenters. The van der Waals surface area contributed by atoms with Crippen LogP contribution in [0.1, 0.15) is 19.4 Å². The lowest BCUT2D eigenvalue weighted by Gasteiger charge is -2.07. The SMILES string of the molecule is CC(C)NCc1ccn(C)c(=O)c1. The molecule has 0 saturated carbocycles. The molecule has 0 unspecified atom stereocenters. The molecule has 0 spiro atoms. The number of rotatable bonds is 3. The highest BCUT2D eigenvalue weighted by Gasteiger charge is 1.96. The van der Waals surface area contributed by atoms with E-state index in [1.54, 1.807) is 23.9 Å². The minimum absolute atomic E-state index is 0.0445. The summed E-state index contributed by atoms with van der Waals surface area (Å²) in [6, 6.07) is 4.07. The molecule has 1 aromatic heterocycles. The van der Waals surface area contributed by atoms with Gasteiger partial charge in [0.05, 0.1) is 0 Å². The fraction of sp³-hybridized carbons (Fsp3) is 0.500. The van der Waals surface area contributed by atoms with Crippen molar-refractivity contribution in [3.8, 4) is 0 Å². The molecule has 0 amide bonds. The van der Waals surface area contributed by atoms with Crippen molar-refractivity contribution in [1.82, 2.24) is 9.88 Å². The molecular weight excluding hydrogens is 164 g/mol. The van der Waals surface area contributed by atoms with Gasteiger partial charge in [-0.3, -0.25) is 4.79 Å². The van der Waals surface area contributed by atoms with Crippen LogP contribution in [0.25, 0.3) is 0 Å². The molecule has 1 heterocycles. The van der Waals surface area contributed by atoms with Gasteiger partial charge in [-0.05, 0) is 11.6 Å². The van der Waals surface area contributed by atoms with Crippen molar-refractivity contribution < 1.29 is 0 Å². The van der Waals surface area contributed by atoms with Crippen molar-refractivity contribution >= 4 is 0 Å². The number of nitrogens with zero attached hydrogens (tertiary/aromatic N) is 1. The van der Waals surface area contributed by atoms with Crippen LogP contribution in [0.5, 0.6) is 0 Å². The summed E-state index contributed by atoms with van der Waals surface area (Å²) in [5, 5.41) is 3.26. The number of nitrogens with one attached hydrogen (secondary N) is 1. The van der Waals surface area contributed by atoms with E-state index in [4.69, 9.17) is 0 Å². The van der Waals surface area contributed by atoms with Gasteiger partial charge in [-0.15, -0.1) is 0 Å². The molecule has 0 saturated heterocycles. The first kappa shape index (κ1) is 9.99. The molecule has 13 heavy (non-hydrogen) atoms.